The summed E-state index contributed by atoms with van der Waals surface area (Å²) in [5.41, 5.74) is 1.32. The summed E-state index contributed by atoms with van der Waals surface area (Å²) in [4.78, 5) is 14.0. The van der Waals surface area contributed by atoms with Crippen molar-refractivity contribution in [3.05, 3.63) is 66.1 Å². The molecule has 0 radical (unpaired) electrons. The molecule has 0 spiro atoms. The van der Waals surface area contributed by atoms with Gasteiger partial charge in [0, 0.05) is 25.1 Å². The summed E-state index contributed by atoms with van der Waals surface area (Å²) in [6, 6.07) is 14.0. The fourth-order valence-corrected chi connectivity index (χ4v) is 2.60. The zero-order valence-corrected chi connectivity index (χ0v) is 11.2. The van der Waals surface area contributed by atoms with Gasteiger partial charge in [-0.25, -0.2) is 0 Å². The van der Waals surface area contributed by atoms with Crippen molar-refractivity contribution in [2.75, 3.05) is 13.1 Å². The van der Waals surface area contributed by atoms with E-state index in [0.29, 0.717) is 11.7 Å². The molecule has 1 aliphatic heterocycles. The number of carbonyl (C=O) groups excluding carboxylic acids is 1. The molecule has 0 bridgehead atoms. The Bertz CT molecular complexity index is 587. The molecule has 1 atom stereocenters. The minimum absolute atomic E-state index is 0.0554. The molecule has 2 heterocycles. The molecule has 2 aromatic rings. The maximum atomic E-state index is 12.1. The Morgan fingerprint density at radius 1 is 1.20 bits per heavy atom. The Labute approximate surface area is 118 Å². The van der Waals surface area contributed by atoms with Gasteiger partial charge in [0.1, 0.15) is 5.76 Å². The second-order valence-corrected chi connectivity index (χ2v) is 5.03. The molecule has 1 unspecified atom stereocenters. The van der Waals surface area contributed by atoms with Crippen LogP contribution in [0.4, 0.5) is 0 Å². The van der Waals surface area contributed by atoms with Crippen LogP contribution in [-0.4, -0.2) is 23.9 Å². The highest BCUT2D eigenvalue weighted by Gasteiger charge is 2.25. The van der Waals surface area contributed by atoms with Gasteiger partial charge in [0.25, 0.3) is 0 Å². The molecule has 3 heteroatoms. The van der Waals surface area contributed by atoms with E-state index in [1.807, 2.05) is 23.1 Å². The zero-order valence-electron chi connectivity index (χ0n) is 11.2. The predicted octanol–water partition coefficient (Wildman–Crippen LogP) is 3.31. The number of furan rings is 1. The van der Waals surface area contributed by atoms with Crippen LogP contribution in [0.5, 0.6) is 0 Å². The molecule has 0 N–H and O–H groups in total. The maximum Gasteiger partial charge on any atom is 0.246 e. The smallest absolute Gasteiger partial charge is 0.246 e. The second-order valence-electron chi connectivity index (χ2n) is 5.03. The Hall–Kier alpha value is -2.29. The van der Waals surface area contributed by atoms with Gasteiger partial charge in [0.05, 0.1) is 6.26 Å². The number of nitrogens with zero attached hydrogens (tertiary/aromatic N) is 1. The van der Waals surface area contributed by atoms with Gasteiger partial charge in [-0.1, -0.05) is 30.3 Å². The highest BCUT2D eigenvalue weighted by atomic mass is 16.3. The topological polar surface area (TPSA) is 33.5 Å². The minimum atomic E-state index is 0.0554. The van der Waals surface area contributed by atoms with Crippen LogP contribution < -0.4 is 0 Å². The lowest BCUT2D eigenvalue weighted by molar-refractivity contribution is -0.124. The van der Waals surface area contributed by atoms with Crippen LogP contribution in [0.3, 0.4) is 0 Å². The molecule has 3 nitrogen and oxygen atoms in total. The van der Waals surface area contributed by atoms with Crippen LogP contribution in [0.15, 0.2) is 59.2 Å². The van der Waals surface area contributed by atoms with Crippen LogP contribution in [0.2, 0.25) is 0 Å². The van der Waals surface area contributed by atoms with Crippen molar-refractivity contribution >= 4 is 12.0 Å². The number of benzene rings is 1. The number of hydrogen-bond acceptors (Lipinski definition) is 2. The standard InChI is InChI=1S/C17H17NO2/c19-17(9-8-16-7-4-12-20-16)18-11-10-15(13-18)14-5-2-1-3-6-14/h1-9,12,15H,10-11,13H2. The van der Waals surface area contributed by atoms with Crippen LogP contribution in [-0.2, 0) is 4.79 Å². The fraction of sp³-hybridized carbons (Fsp3) is 0.235. The average Bonchev–Trinajstić information content (AvgIpc) is 3.17. The molecule has 1 aromatic heterocycles. The predicted molar refractivity (Wildman–Crippen MR) is 78.1 cm³/mol. The Kier molecular flexibility index (Phi) is 3.68. The van der Waals surface area contributed by atoms with Gasteiger partial charge in [0.2, 0.25) is 5.91 Å². The van der Waals surface area contributed by atoms with Crippen LogP contribution >= 0.6 is 0 Å². The monoisotopic (exact) mass is 267 g/mol. The fourth-order valence-electron chi connectivity index (χ4n) is 2.60. The normalized spacial score (nSPS) is 18.8. The van der Waals surface area contributed by atoms with E-state index in [-0.39, 0.29) is 5.91 Å². The average molecular weight is 267 g/mol. The third-order valence-electron chi connectivity index (χ3n) is 3.70. The molecule has 0 saturated carbocycles. The van der Waals surface area contributed by atoms with E-state index in [9.17, 15) is 4.79 Å². The van der Waals surface area contributed by atoms with Crippen LogP contribution in [0.25, 0.3) is 6.08 Å². The van der Waals surface area contributed by atoms with Crippen molar-refractivity contribution in [3.8, 4) is 0 Å². The zero-order chi connectivity index (χ0) is 13.8. The molecule has 1 amide bonds. The summed E-state index contributed by atoms with van der Waals surface area (Å²) in [5, 5.41) is 0. The van der Waals surface area contributed by atoms with E-state index < -0.39 is 0 Å². The summed E-state index contributed by atoms with van der Waals surface area (Å²) < 4.78 is 5.18. The molecule has 1 fully saturated rings. The van der Waals surface area contributed by atoms with E-state index in [2.05, 4.69) is 24.3 Å². The largest absolute Gasteiger partial charge is 0.465 e. The number of likely N-dealkylation sites (tertiary alicyclic amines) is 1. The lowest BCUT2D eigenvalue weighted by Crippen LogP contribution is -2.26. The van der Waals surface area contributed by atoms with Gasteiger partial charge in [-0.05, 0) is 30.2 Å². The van der Waals surface area contributed by atoms with E-state index in [1.54, 1.807) is 18.4 Å². The molecular weight excluding hydrogens is 250 g/mol. The van der Waals surface area contributed by atoms with Crippen LogP contribution in [0, 0.1) is 0 Å². The second kappa shape index (κ2) is 5.78. The lowest BCUT2D eigenvalue weighted by atomic mass is 9.99. The SMILES string of the molecule is O=C(C=Cc1ccco1)N1CCC(c2ccccc2)C1. The van der Waals surface area contributed by atoms with Crippen molar-refractivity contribution in [2.45, 2.75) is 12.3 Å². The van der Waals surface area contributed by atoms with Crippen molar-refractivity contribution in [3.63, 3.8) is 0 Å². The molecule has 0 aliphatic carbocycles. The third kappa shape index (κ3) is 2.82. The minimum Gasteiger partial charge on any atom is -0.465 e. The van der Waals surface area contributed by atoms with Gasteiger partial charge in [-0.3, -0.25) is 4.79 Å². The molecule has 102 valence electrons. The Balaban J connectivity index is 1.61. The van der Waals surface area contributed by atoms with E-state index in [0.717, 1.165) is 19.5 Å². The maximum absolute atomic E-state index is 12.1. The lowest BCUT2D eigenvalue weighted by Gasteiger charge is -2.14. The van der Waals surface area contributed by atoms with E-state index in [1.165, 1.54) is 5.56 Å². The summed E-state index contributed by atoms with van der Waals surface area (Å²) in [6.45, 7) is 1.62. The molecule has 1 aliphatic rings. The summed E-state index contributed by atoms with van der Waals surface area (Å²) in [7, 11) is 0. The van der Waals surface area contributed by atoms with Crippen molar-refractivity contribution < 1.29 is 9.21 Å². The molecule has 20 heavy (non-hydrogen) atoms. The quantitative estimate of drug-likeness (QED) is 0.799. The van der Waals surface area contributed by atoms with Gasteiger partial charge < -0.3 is 9.32 Å². The van der Waals surface area contributed by atoms with Gasteiger partial charge in [-0.2, -0.15) is 0 Å². The summed E-state index contributed by atoms with van der Waals surface area (Å²) in [6.07, 6.45) is 5.94. The van der Waals surface area contributed by atoms with Gasteiger partial charge >= 0.3 is 0 Å². The van der Waals surface area contributed by atoms with Crippen molar-refractivity contribution in [2.24, 2.45) is 0 Å². The highest BCUT2D eigenvalue weighted by Crippen LogP contribution is 2.27. The molecular formula is C17H17NO2. The first-order chi connectivity index (χ1) is 9.83. The highest BCUT2D eigenvalue weighted by molar-refractivity contribution is 5.91. The number of carbonyl (C=O) groups is 1. The first kappa shape index (κ1) is 12.7. The molecule has 3 rings (SSSR count). The molecule has 1 saturated heterocycles. The summed E-state index contributed by atoms with van der Waals surface area (Å²) in [5.74, 6) is 1.22. The molecule has 1 aromatic carbocycles. The Morgan fingerprint density at radius 3 is 2.80 bits per heavy atom. The third-order valence-corrected chi connectivity index (χ3v) is 3.70. The number of rotatable bonds is 3. The summed E-state index contributed by atoms with van der Waals surface area (Å²) >= 11 is 0. The van der Waals surface area contributed by atoms with Gasteiger partial charge in [-0.15, -0.1) is 0 Å². The number of hydrogen-bond donors (Lipinski definition) is 0. The number of amides is 1. The Morgan fingerprint density at radius 2 is 2.05 bits per heavy atom. The van der Waals surface area contributed by atoms with Crippen molar-refractivity contribution in [1.29, 1.82) is 0 Å². The van der Waals surface area contributed by atoms with Crippen molar-refractivity contribution in [1.82, 2.24) is 4.90 Å². The first-order valence-electron chi connectivity index (χ1n) is 6.88. The van der Waals surface area contributed by atoms with E-state index in [4.69, 9.17) is 4.42 Å². The van der Waals surface area contributed by atoms with E-state index >= 15 is 0 Å². The van der Waals surface area contributed by atoms with Crippen LogP contribution in [0.1, 0.15) is 23.7 Å². The van der Waals surface area contributed by atoms with Gasteiger partial charge in [0.15, 0.2) is 0 Å². The first-order valence-corrected chi connectivity index (χ1v) is 6.88.